The lowest BCUT2D eigenvalue weighted by atomic mass is 9.88. The van der Waals surface area contributed by atoms with E-state index in [2.05, 4.69) is 5.32 Å². The predicted octanol–water partition coefficient (Wildman–Crippen LogP) is 5.94. The van der Waals surface area contributed by atoms with Crippen LogP contribution in [0.15, 0.2) is 0 Å². The minimum atomic E-state index is -8.73. The first kappa shape index (κ1) is 35.9. The van der Waals surface area contributed by atoms with Crippen molar-refractivity contribution >= 4 is 10.1 Å². The van der Waals surface area contributed by atoms with Crippen LogP contribution in [0.25, 0.3) is 0 Å². The lowest BCUT2D eigenvalue weighted by Crippen LogP contribution is -2.75. The molecule has 0 heterocycles. The lowest BCUT2D eigenvalue weighted by Gasteiger charge is -2.43. The summed E-state index contributed by atoms with van der Waals surface area (Å²) in [5.41, 5.74) is 0. The van der Waals surface area contributed by atoms with E-state index in [1.165, 1.54) is 0 Å². The van der Waals surface area contributed by atoms with Crippen LogP contribution < -0.4 is 5.32 Å². The molecule has 21 heteroatoms. The monoisotopic (exact) mass is 583 g/mol. The third-order valence-corrected chi connectivity index (χ3v) is 4.87. The van der Waals surface area contributed by atoms with Crippen LogP contribution >= 0.6 is 0 Å². The zero-order valence-electron chi connectivity index (χ0n) is 17.3. The average Bonchev–Trinajstić information content (AvgIpc) is 2.64. The summed E-state index contributed by atoms with van der Waals surface area (Å²) in [6.07, 6.45) is -4.06. The van der Waals surface area contributed by atoms with Crippen molar-refractivity contribution < 1.29 is 83.2 Å². The molecular formula is C14H17F16NO3S. The van der Waals surface area contributed by atoms with Crippen molar-refractivity contribution in [3.05, 3.63) is 0 Å². The molecule has 0 amide bonds. The van der Waals surface area contributed by atoms with Crippen molar-refractivity contribution in [2.75, 3.05) is 14.1 Å². The summed E-state index contributed by atoms with van der Waals surface area (Å²) >= 11 is 0. The Morgan fingerprint density at radius 2 is 0.857 bits per heavy atom. The van der Waals surface area contributed by atoms with E-state index in [0.29, 0.717) is 0 Å². The van der Waals surface area contributed by atoms with Crippen LogP contribution in [0.1, 0.15) is 26.2 Å². The van der Waals surface area contributed by atoms with E-state index in [0.717, 1.165) is 6.92 Å². The molecule has 35 heavy (non-hydrogen) atoms. The lowest BCUT2D eigenvalue weighted by molar-refractivity contribution is -0.449. The summed E-state index contributed by atoms with van der Waals surface area (Å²) in [6, 6.07) is 0. The molecule has 0 aliphatic carbocycles. The zero-order chi connectivity index (χ0) is 29.3. The van der Waals surface area contributed by atoms with Crippen LogP contribution in [0.3, 0.4) is 0 Å². The van der Waals surface area contributed by atoms with Crippen LogP contribution in [-0.2, 0) is 10.1 Å². The second-order valence-electron chi connectivity index (χ2n) is 6.75. The molecule has 0 rings (SSSR count). The number of rotatable bonds is 11. The van der Waals surface area contributed by atoms with Crippen molar-refractivity contribution in [1.82, 2.24) is 5.32 Å². The molecule has 0 aromatic rings. The minimum absolute atomic E-state index is 0.501. The number of alkyl halides is 16. The van der Waals surface area contributed by atoms with Crippen molar-refractivity contribution in [3.8, 4) is 0 Å². The summed E-state index contributed by atoms with van der Waals surface area (Å²) in [6.45, 7) is 0.965. The molecule has 4 nitrogen and oxygen atoms in total. The normalized spacial score (nSPS) is 15.5. The summed E-state index contributed by atoms with van der Waals surface area (Å²) < 4.78 is 241. The highest BCUT2D eigenvalue weighted by atomic mass is 32.2. The van der Waals surface area contributed by atoms with Gasteiger partial charge in [0, 0.05) is 6.42 Å². The maximum atomic E-state index is 13.5. The Hall–Kier alpha value is -1.25. The summed E-state index contributed by atoms with van der Waals surface area (Å²) in [4.78, 5) is 0. The number of hydrogen-bond donors (Lipinski definition) is 2. The molecule has 0 aromatic heterocycles. The fourth-order valence-corrected chi connectivity index (χ4v) is 2.37. The third kappa shape index (κ3) is 5.40. The highest BCUT2D eigenvalue weighted by molar-refractivity contribution is 7.87. The first-order chi connectivity index (χ1) is 15.0. The molecule has 214 valence electrons. The Balaban J connectivity index is 0. The molecule has 0 saturated heterocycles. The second-order valence-corrected chi connectivity index (χ2v) is 8.21. The van der Waals surface area contributed by atoms with E-state index in [4.69, 9.17) is 4.55 Å². The maximum absolute atomic E-state index is 13.5. The van der Waals surface area contributed by atoms with Gasteiger partial charge in [0.2, 0.25) is 0 Å². The van der Waals surface area contributed by atoms with Gasteiger partial charge in [0.15, 0.2) is 0 Å². The molecule has 0 atom stereocenters. The zero-order valence-corrected chi connectivity index (χ0v) is 18.2. The van der Waals surface area contributed by atoms with Gasteiger partial charge in [-0.25, -0.2) is 0 Å². The van der Waals surface area contributed by atoms with Crippen LogP contribution in [0, 0.1) is 0 Å². The molecule has 0 saturated carbocycles. The van der Waals surface area contributed by atoms with Crippen LogP contribution in [0.5, 0.6) is 0 Å². The quantitative estimate of drug-likeness (QED) is 0.234. The Morgan fingerprint density at radius 3 is 1.11 bits per heavy atom. The van der Waals surface area contributed by atoms with Crippen molar-refractivity contribution in [3.63, 3.8) is 0 Å². The van der Waals surface area contributed by atoms with E-state index in [-0.39, 0.29) is 0 Å². The van der Waals surface area contributed by atoms with E-state index < -0.39 is 76.1 Å². The largest absolute Gasteiger partial charge is 0.438 e. The molecule has 0 aliphatic heterocycles. The molecule has 0 unspecified atom stereocenters. The highest BCUT2D eigenvalue weighted by Crippen LogP contribution is 2.64. The van der Waals surface area contributed by atoms with Crippen molar-refractivity contribution in [1.29, 1.82) is 0 Å². The van der Waals surface area contributed by atoms with Crippen LogP contribution in [0.2, 0.25) is 0 Å². The smallest absolute Gasteiger partial charge is 0.323 e. The van der Waals surface area contributed by atoms with Gasteiger partial charge in [-0.15, -0.1) is 0 Å². The maximum Gasteiger partial charge on any atom is 0.438 e. The molecule has 0 aromatic carbocycles. The van der Waals surface area contributed by atoms with E-state index in [1.807, 2.05) is 14.1 Å². The Bertz CT molecular complexity index is 812. The topological polar surface area (TPSA) is 66.4 Å². The molecule has 0 radical (unpaired) electrons. The van der Waals surface area contributed by atoms with Gasteiger partial charge in [-0.3, -0.25) is 4.55 Å². The van der Waals surface area contributed by atoms with Gasteiger partial charge in [-0.2, -0.15) is 78.7 Å². The van der Waals surface area contributed by atoms with Gasteiger partial charge < -0.3 is 5.32 Å². The van der Waals surface area contributed by atoms with Crippen molar-refractivity contribution in [2.45, 2.75) is 72.9 Å². The first-order valence-electron chi connectivity index (χ1n) is 8.55. The summed E-state index contributed by atoms with van der Waals surface area (Å²) in [7, 11) is -4.09. The van der Waals surface area contributed by atoms with Crippen LogP contribution in [-0.4, -0.2) is 73.8 Å². The van der Waals surface area contributed by atoms with Gasteiger partial charge in [0.1, 0.15) is 0 Å². The fraction of sp³-hybridized carbons (Fsp3) is 1.00. The molecular weight excluding hydrogens is 566 g/mol. The minimum Gasteiger partial charge on any atom is -0.323 e. The fourth-order valence-electron chi connectivity index (χ4n) is 1.92. The number of hydrogen-bond acceptors (Lipinski definition) is 3. The summed E-state index contributed by atoms with van der Waals surface area (Å²) in [5.74, 6) is -56.6. The predicted molar refractivity (Wildman–Crippen MR) is 85.6 cm³/mol. The van der Waals surface area contributed by atoms with Crippen LogP contribution in [0.4, 0.5) is 70.2 Å². The SMILES string of the molecule is CCCCC(F)(F)C(F)(F)C(F)(F)C(F)(F)C(F)(F)C(F)(F)C(F)(F)C(F)(F)S(=O)(=O)O.CNC. The summed E-state index contributed by atoms with van der Waals surface area (Å²) in [5, 5.41) is -5.02. The number of unbranched alkanes of at least 4 members (excludes halogenated alkanes) is 1. The average molecular weight is 583 g/mol. The van der Waals surface area contributed by atoms with Gasteiger partial charge in [-0.05, 0) is 20.5 Å². The molecule has 0 aliphatic rings. The van der Waals surface area contributed by atoms with E-state index in [1.54, 1.807) is 0 Å². The first-order valence-corrected chi connectivity index (χ1v) is 9.99. The third-order valence-electron chi connectivity index (χ3n) is 3.96. The van der Waals surface area contributed by atoms with E-state index >= 15 is 0 Å². The number of nitrogens with one attached hydrogen (secondary N) is 1. The Morgan fingerprint density at radius 1 is 0.600 bits per heavy atom. The van der Waals surface area contributed by atoms with Gasteiger partial charge >= 0.3 is 56.8 Å². The molecule has 0 bridgehead atoms. The standard InChI is InChI=1S/C12H10F16O3S.C2H7N/c1-2-3-4-5(13,14)6(15,16)7(17,18)8(19,20)9(21,22)10(23,24)11(25,26)12(27,28)32(29,30)31;1-3-2/h2-4H2,1H3,(H,29,30,31);3H,1-2H3. The molecule has 0 spiro atoms. The molecule has 2 N–H and O–H groups in total. The Kier molecular flexibility index (Phi) is 10.5. The van der Waals surface area contributed by atoms with Gasteiger partial charge in [0.25, 0.3) is 0 Å². The number of halogens is 16. The van der Waals surface area contributed by atoms with Gasteiger partial charge in [0.05, 0.1) is 0 Å². The Labute approximate surface area is 186 Å². The van der Waals surface area contributed by atoms with Gasteiger partial charge in [-0.1, -0.05) is 13.3 Å². The van der Waals surface area contributed by atoms with Crippen molar-refractivity contribution in [2.24, 2.45) is 0 Å². The highest BCUT2D eigenvalue weighted by Gasteiger charge is 2.95. The van der Waals surface area contributed by atoms with E-state index in [9.17, 15) is 78.7 Å². The molecule has 0 fully saturated rings. The second kappa shape index (κ2) is 10.3.